The molecule has 1 fully saturated rings. The molecule has 1 aliphatic heterocycles. The van der Waals surface area contributed by atoms with Crippen LogP contribution in [-0.2, 0) is 10.0 Å². The second-order valence-electron chi connectivity index (χ2n) is 7.36. The Hall–Kier alpha value is -2.16. The molecule has 9 heteroatoms. The fourth-order valence-electron chi connectivity index (χ4n) is 3.59. The number of urea groups is 1. The molecule has 0 aromatic heterocycles. The zero-order valence-electron chi connectivity index (χ0n) is 16.7. The van der Waals surface area contributed by atoms with E-state index in [0.29, 0.717) is 35.8 Å². The lowest BCUT2D eigenvalue weighted by Gasteiger charge is -2.34. The minimum absolute atomic E-state index is 0.0972. The number of nitrogens with one attached hydrogen (secondary N) is 2. The molecule has 1 heterocycles. The van der Waals surface area contributed by atoms with Crippen LogP contribution in [0.2, 0.25) is 5.02 Å². The Morgan fingerprint density at radius 2 is 2.03 bits per heavy atom. The third-order valence-electron chi connectivity index (χ3n) is 5.15. The Morgan fingerprint density at radius 1 is 1.23 bits per heavy atom. The largest absolute Gasteiger partial charge is 0.338 e. The van der Waals surface area contributed by atoms with Crippen molar-refractivity contribution >= 4 is 33.3 Å². The number of nitrogens with zero attached hydrogens (tertiary/aromatic N) is 1. The summed E-state index contributed by atoms with van der Waals surface area (Å²) in [5, 5.41) is 5.98. The van der Waals surface area contributed by atoms with Crippen LogP contribution in [0.4, 0.5) is 14.9 Å². The Morgan fingerprint density at radius 3 is 2.77 bits per heavy atom. The molecule has 3 rings (SSSR count). The number of halogens is 2. The van der Waals surface area contributed by atoms with Crippen LogP contribution in [0.3, 0.4) is 0 Å². The van der Waals surface area contributed by atoms with Crippen LogP contribution in [0.15, 0.2) is 47.4 Å². The highest BCUT2D eigenvalue weighted by molar-refractivity contribution is 7.89. The predicted octanol–water partition coefficient (Wildman–Crippen LogP) is 4.54. The fraction of sp³-hybridized carbons (Fsp3) is 0.381. The van der Waals surface area contributed by atoms with E-state index < -0.39 is 15.8 Å². The summed E-state index contributed by atoms with van der Waals surface area (Å²) < 4.78 is 41.3. The van der Waals surface area contributed by atoms with E-state index in [2.05, 4.69) is 10.6 Å². The second kappa shape index (κ2) is 9.76. The van der Waals surface area contributed by atoms with Crippen LogP contribution in [0.1, 0.15) is 31.2 Å². The number of rotatable bonds is 6. The minimum atomic E-state index is -3.73. The van der Waals surface area contributed by atoms with E-state index in [4.69, 9.17) is 11.6 Å². The molecule has 30 heavy (non-hydrogen) atoms. The number of carbonyl (C=O) groups excluding carboxylic acids is 1. The van der Waals surface area contributed by atoms with Gasteiger partial charge in [-0.3, -0.25) is 0 Å². The number of benzene rings is 2. The van der Waals surface area contributed by atoms with Crippen LogP contribution < -0.4 is 10.6 Å². The lowest BCUT2D eigenvalue weighted by molar-refractivity contribution is 0.234. The van der Waals surface area contributed by atoms with Crippen molar-refractivity contribution in [2.24, 2.45) is 0 Å². The lowest BCUT2D eigenvalue weighted by atomic mass is 10.0. The van der Waals surface area contributed by atoms with Crippen molar-refractivity contribution in [2.45, 2.75) is 43.5 Å². The lowest BCUT2D eigenvalue weighted by Crippen LogP contribution is -2.45. The standard InChI is InChI=1S/C21H25ClFN3O3S/c1-15-13-19(8-9-20(15)23)30(28,29)26-12-3-2-7-18(26)10-11-24-21(27)25-17-6-4-5-16(22)14-17/h4-6,8-9,13-14,18H,2-3,7,10-12H2,1H3,(H2,24,25,27). The summed E-state index contributed by atoms with van der Waals surface area (Å²) in [6, 6.07) is 10.1. The summed E-state index contributed by atoms with van der Waals surface area (Å²) in [7, 11) is -3.73. The predicted molar refractivity (Wildman–Crippen MR) is 116 cm³/mol. The van der Waals surface area contributed by atoms with Crippen molar-refractivity contribution in [3.8, 4) is 0 Å². The van der Waals surface area contributed by atoms with Crippen LogP contribution in [0.25, 0.3) is 0 Å². The van der Waals surface area contributed by atoms with Crippen LogP contribution in [-0.4, -0.2) is 37.9 Å². The maximum Gasteiger partial charge on any atom is 0.319 e. The van der Waals surface area contributed by atoms with Gasteiger partial charge in [-0.1, -0.05) is 24.1 Å². The van der Waals surface area contributed by atoms with Gasteiger partial charge in [0.15, 0.2) is 0 Å². The number of piperidine rings is 1. The maximum absolute atomic E-state index is 13.6. The molecule has 0 saturated carbocycles. The summed E-state index contributed by atoms with van der Waals surface area (Å²) in [4.78, 5) is 12.2. The van der Waals surface area contributed by atoms with Gasteiger partial charge in [0.25, 0.3) is 0 Å². The molecule has 2 N–H and O–H groups in total. The van der Waals surface area contributed by atoms with Crippen molar-refractivity contribution in [3.63, 3.8) is 0 Å². The topological polar surface area (TPSA) is 78.5 Å². The van der Waals surface area contributed by atoms with E-state index in [9.17, 15) is 17.6 Å². The van der Waals surface area contributed by atoms with Gasteiger partial charge < -0.3 is 10.6 Å². The fourth-order valence-corrected chi connectivity index (χ4v) is 5.59. The molecule has 2 aromatic rings. The number of aryl methyl sites for hydroxylation is 1. The maximum atomic E-state index is 13.6. The van der Waals surface area contributed by atoms with E-state index in [1.165, 1.54) is 22.5 Å². The van der Waals surface area contributed by atoms with Gasteiger partial charge in [-0.25, -0.2) is 17.6 Å². The molecule has 2 amide bonds. The van der Waals surface area contributed by atoms with E-state index >= 15 is 0 Å². The van der Waals surface area contributed by atoms with Crippen LogP contribution in [0.5, 0.6) is 0 Å². The number of carbonyl (C=O) groups is 1. The number of hydrogen-bond acceptors (Lipinski definition) is 3. The quantitative estimate of drug-likeness (QED) is 0.673. The Labute approximate surface area is 181 Å². The highest BCUT2D eigenvalue weighted by Gasteiger charge is 2.33. The number of anilines is 1. The zero-order chi connectivity index (χ0) is 21.7. The molecule has 0 spiro atoms. The molecular formula is C21H25ClFN3O3S. The van der Waals surface area contributed by atoms with E-state index in [0.717, 1.165) is 19.3 Å². The summed E-state index contributed by atoms with van der Waals surface area (Å²) in [5.41, 5.74) is 0.873. The van der Waals surface area contributed by atoms with Gasteiger partial charge in [0.1, 0.15) is 5.82 Å². The summed E-state index contributed by atoms with van der Waals surface area (Å²) in [6.07, 6.45) is 2.91. The molecule has 1 saturated heterocycles. The van der Waals surface area contributed by atoms with Crippen molar-refractivity contribution in [2.75, 3.05) is 18.4 Å². The first kappa shape index (κ1) is 22.5. The Balaban J connectivity index is 1.61. The van der Waals surface area contributed by atoms with E-state index in [1.54, 1.807) is 31.2 Å². The van der Waals surface area contributed by atoms with Crippen molar-refractivity contribution < 1.29 is 17.6 Å². The molecule has 6 nitrogen and oxygen atoms in total. The molecule has 2 aromatic carbocycles. The van der Waals surface area contributed by atoms with Crippen LogP contribution in [0, 0.1) is 12.7 Å². The molecule has 162 valence electrons. The zero-order valence-corrected chi connectivity index (χ0v) is 18.3. The SMILES string of the molecule is Cc1cc(S(=O)(=O)N2CCCCC2CCNC(=O)Nc2cccc(Cl)c2)ccc1F. The number of sulfonamides is 1. The minimum Gasteiger partial charge on any atom is -0.338 e. The highest BCUT2D eigenvalue weighted by Crippen LogP contribution is 2.27. The van der Waals surface area contributed by atoms with Crippen molar-refractivity contribution in [3.05, 3.63) is 58.9 Å². The monoisotopic (exact) mass is 453 g/mol. The summed E-state index contributed by atoms with van der Waals surface area (Å²) in [6.45, 7) is 2.29. The first-order valence-corrected chi connectivity index (χ1v) is 11.7. The molecule has 1 unspecified atom stereocenters. The van der Waals surface area contributed by atoms with E-state index in [1.807, 2.05) is 0 Å². The van der Waals surface area contributed by atoms with Gasteiger partial charge in [0.05, 0.1) is 4.90 Å². The Bertz CT molecular complexity index is 1020. The summed E-state index contributed by atoms with van der Waals surface area (Å²) in [5.74, 6) is -0.431. The van der Waals surface area contributed by atoms with E-state index in [-0.39, 0.29) is 17.0 Å². The first-order valence-electron chi connectivity index (χ1n) is 9.86. The van der Waals surface area contributed by atoms with Crippen molar-refractivity contribution in [1.82, 2.24) is 9.62 Å². The van der Waals surface area contributed by atoms with Gasteiger partial charge in [-0.05, 0) is 68.1 Å². The smallest absolute Gasteiger partial charge is 0.319 e. The Kier molecular flexibility index (Phi) is 7.33. The van der Waals surface area contributed by atoms with Gasteiger partial charge in [0, 0.05) is 29.8 Å². The number of amides is 2. The molecule has 1 atom stereocenters. The molecule has 0 radical (unpaired) electrons. The first-order chi connectivity index (χ1) is 14.3. The highest BCUT2D eigenvalue weighted by atomic mass is 35.5. The van der Waals surface area contributed by atoms with Gasteiger partial charge in [-0.2, -0.15) is 4.31 Å². The average molecular weight is 454 g/mol. The second-order valence-corrected chi connectivity index (χ2v) is 9.68. The van der Waals surface area contributed by atoms with Crippen molar-refractivity contribution in [1.29, 1.82) is 0 Å². The molecule has 0 bridgehead atoms. The number of hydrogen-bond donors (Lipinski definition) is 2. The average Bonchev–Trinajstić information content (AvgIpc) is 2.70. The van der Waals surface area contributed by atoms with Gasteiger partial charge >= 0.3 is 6.03 Å². The summed E-state index contributed by atoms with van der Waals surface area (Å²) >= 11 is 5.91. The van der Waals surface area contributed by atoms with Gasteiger partial charge in [0.2, 0.25) is 10.0 Å². The molecule has 0 aliphatic carbocycles. The van der Waals surface area contributed by atoms with Gasteiger partial charge in [-0.15, -0.1) is 0 Å². The molecule has 1 aliphatic rings. The third-order valence-corrected chi connectivity index (χ3v) is 7.34. The normalized spacial score (nSPS) is 17.5. The third kappa shape index (κ3) is 5.50. The van der Waals surface area contributed by atoms with Crippen LogP contribution >= 0.6 is 11.6 Å². The molecular weight excluding hydrogens is 429 g/mol.